The number of carbonyl (C=O) groups excluding carboxylic acids is 2. The van der Waals surface area contributed by atoms with Gasteiger partial charge < -0.3 is 10.1 Å². The van der Waals surface area contributed by atoms with Crippen LogP contribution < -0.4 is 5.32 Å². The van der Waals surface area contributed by atoms with Crippen LogP contribution in [0.4, 0.5) is 0 Å². The van der Waals surface area contributed by atoms with E-state index in [1.165, 1.54) is 7.11 Å². The summed E-state index contributed by atoms with van der Waals surface area (Å²) in [5, 5.41) is 3.87. The van der Waals surface area contributed by atoms with Gasteiger partial charge in [-0.15, -0.1) is 11.3 Å². The lowest BCUT2D eigenvalue weighted by Gasteiger charge is -2.24. The van der Waals surface area contributed by atoms with Crippen LogP contribution in [0.5, 0.6) is 0 Å². The van der Waals surface area contributed by atoms with Gasteiger partial charge in [-0.25, -0.2) is 4.98 Å². The molecule has 0 unspecified atom stereocenters. The molecule has 0 aliphatic heterocycles. The lowest BCUT2D eigenvalue weighted by molar-refractivity contribution is -0.143. The highest BCUT2D eigenvalue weighted by Crippen LogP contribution is 2.40. The van der Waals surface area contributed by atoms with Crippen LogP contribution in [0.2, 0.25) is 0 Å². The molecule has 5 nitrogen and oxygen atoms in total. The summed E-state index contributed by atoms with van der Waals surface area (Å²) in [6, 6.07) is 0. The maximum atomic E-state index is 12.2. The number of hydrogen-bond donors (Lipinski definition) is 1. The Hall–Kier alpha value is -1.43. The maximum Gasteiger partial charge on any atom is 0.309 e. The zero-order valence-electron chi connectivity index (χ0n) is 12.4. The molecule has 0 spiro atoms. The standard InChI is InChI=1S/C14H20N2O3S/c1-7-8(2)20-13(15-7)14(3,4)16-11(17)9-6-10(9)12(18)19-5/h9-10H,6H2,1-5H3,(H,16,17)/t9-,10+/m0/s1. The lowest BCUT2D eigenvalue weighted by Crippen LogP contribution is -2.42. The highest BCUT2D eigenvalue weighted by atomic mass is 32.1. The zero-order chi connectivity index (χ0) is 15.1. The van der Waals surface area contributed by atoms with Crippen LogP contribution in [0.1, 0.15) is 35.8 Å². The van der Waals surface area contributed by atoms with E-state index in [1.54, 1.807) is 11.3 Å². The molecule has 1 heterocycles. The summed E-state index contributed by atoms with van der Waals surface area (Å²) in [6.07, 6.45) is 0.574. The van der Waals surface area contributed by atoms with Gasteiger partial charge in [0.25, 0.3) is 0 Å². The number of nitrogens with one attached hydrogen (secondary N) is 1. The number of esters is 1. The molecular weight excluding hydrogens is 276 g/mol. The van der Waals surface area contributed by atoms with Crippen molar-refractivity contribution >= 4 is 23.2 Å². The predicted molar refractivity (Wildman–Crippen MR) is 76.4 cm³/mol. The molecule has 6 heteroatoms. The first kappa shape index (κ1) is 15.0. The van der Waals surface area contributed by atoms with Crippen LogP contribution in [-0.2, 0) is 19.9 Å². The second kappa shape index (κ2) is 5.16. The van der Waals surface area contributed by atoms with Crippen LogP contribution in [0, 0.1) is 25.7 Å². The number of ether oxygens (including phenoxy) is 1. The molecular formula is C14H20N2O3S. The number of thiazole rings is 1. The third-order valence-corrected chi connectivity index (χ3v) is 5.03. The summed E-state index contributed by atoms with van der Waals surface area (Å²) in [5.74, 6) is -0.945. The topological polar surface area (TPSA) is 68.3 Å². The number of aromatic nitrogens is 1. The van der Waals surface area contributed by atoms with Gasteiger partial charge in [-0.1, -0.05) is 0 Å². The predicted octanol–water partition coefficient (Wildman–Crippen LogP) is 1.92. The van der Waals surface area contributed by atoms with E-state index < -0.39 is 5.54 Å². The van der Waals surface area contributed by atoms with Crippen molar-refractivity contribution < 1.29 is 14.3 Å². The van der Waals surface area contributed by atoms with Gasteiger partial charge >= 0.3 is 5.97 Å². The minimum absolute atomic E-state index is 0.101. The summed E-state index contributed by atoms with van der Waals surface area (Å²) >= 11 is 1.59. The van der Waals surface area contributed by atoms with Crippen LogP contribution in [0.15, 0.2) is 0 Å². The molecule has 1 aromatic rings. The van der Waals surface area contributed by atoms with Gasteiger partial charge in [-0.05, 0) is 34.1 Å². The molecule has 1 aliphatic carbocycles. The molecule has 1 amide bonds. The monoisotopic (exact) mass is 296 g/mol. The molecule has 1 aliphatic rings. The van der Waals surface area contributed by atoms with E-state index in [-0.39, 0.29) is 23.7 Å². The average Bonchev–Trinajstić information content (AvgIpc) is 3.10. The Bertz CT molecular complexity index is 531. The number of rotatable bonds is 4. The highest BCUT2D eigenvalue weighted by Gasteiger charge is 2.50. The van der Waals surface area contributed by atoms with E-state index in [0.29, 0.717) is 6.42 Å². The average molecular weight is 296 g/mol. The number of hydrogen-bond acceptors (Lipinski definition) is 5. The molecule has 1 N–H and O–H groups in total. The number of aryl methyl sites for hydroxylation is 2. The van der Waals surface area contributed by atoms with Gasteiger partial charge in [0.05, 0.1) is 30.2 Å². The largest absolute Gasteiger partial charge is 0.469 e. The smallest absolute Gasteiger partial charge is 0.309 e. The number of nitrogens with zero attached hydrogens (tertiary/aromatic N) is 1. The number of carbonyl (C=O) groups is 2. The third kappa shape index (κ3) is 2.85. The molecule has 1 aromatic heterocycles. The SMILES string of the molecule is COC(=O)[C@@H]1C[C@@H]1C(=O)NC(C)(C)c1nc(C)c(C)s1. The lowest BCUT2D eigenvalue weighted by atomic mass is 10.1. The van der Waals surface area contributed by atoms with Crippen molar-refractivity contribution in [1.82, 2.24) is 10.3 Å². The van der Waals surface area contributed by atoms with E-state index in [4.69, 9.17) is 0 Å². The van der Waals surface area contributed by atoms with E-state index in [1.807, 2.05) is 27.7 Å². The maximum absolute atomic E-state index is 12.2. The van der Waals surface area contributed by atoms with Crippen molar-refractivity contribution in [3.63, 3.8) is 0 Å². The zero-order valence-corrected chi connectivity index (χ0v) is 13.3. The molecule has 0 saturated heterocycles. The second-order valence-electron chi connectivity index (χ2n) is 5.75. The fourth-order valence-corrected chi connectivity index (χ4v) is 3.06. The van der Waals surface area contributed by atoms with E-state index >= 15 is 0 Å². The Morgan fingerprint density at radius 2 is 2.00 bits per heavy atom. The van der Waals surface area contributed by atoms with Crippen molar-refractivity contribution in [3.05, 3.63) is 15.6 Å². The van der Waals surface area contributed by atoms with Gasteiger partial charge in [0.2, 0.25) is 5.91 Å². The third-order valence-electron chi connectivity index (χ3n) is 3.63. The van der Waals surface area contributed by atoms with Crippen molar-refractivity contribution in [2.45, 2.75) is 39.7 Å². The fourth-order valence-electron chi connectivity index (χ4n) is 2.09. The Balaban J connectivity index is 2.02. The Morgan fingerprint density at radius 3 is 2.50 bits per heavy atom. The highest BCUT2D eigenvalue weighted by molar-refractivity contribution is 7.11. The van der Waals surface area contributed by atoms with Crippen molar-refractivity contribution in [1.29, 1.82) is 0 Å². The van der Waals surface area contributed by atoms with E-state index in [2.05, 4.69) is 15.0 Å². The molecule has 0 bridgehead atoms. The molecule has 1 fully saturated rings. The molecule has 110 valence electrons. The fraction of sp³-hybridized carbons (Fsp3) is 0.643. The first-order chi connectivity index (χ1) is 9.26. The molecule has 0 radical (unpaired) electrons. The normalized spacial score (nSPS) is 21.4. The Morgan fingerprint density at radius 1 is 1.35 bits per heavy atom. The summed E-state index contributed by atoms with van der Waals surface area (Å²) < 4.78 is 4.66. The van der Waals surface area contributed by atoms with Gasteiger partial charge in [0, 0.05) is 4.88 Å². The van der Waals surface area contributed by atoms with E-state index in [9.17, 15) is 9.59 Å². The quantitative estimate of drug-likeness (QED) is 0.862. The van der Waals surface area contributed by atoms with Crippen LogP contribution in [0.3, 0.4) is 0 Å². The minimum atomic E-state index is -0.524. The summed E-state index contributed by atoms with van der Waals surface area (Å²) in [5.41, 5.74) is 0.468. The van der Waals surface area contributed by atoms with Gasteiger partial charge in [-0.2, -0.15) is 0 Å². The van der Waals surface area contributed by atoms with Crippen molar-refractivity contribution in [2.24, 2.45) is 11.8 Å². The molecule has 1 saturated carbocycles. The van der Waals surface area contributed by atoms with Crippen molar-refractivity contribution in [3.8, 4) is 0 Å². The summed E-state index contributed by atoms with van der Waals surface area (Å²) in [6.45, 7) is 7.83. The van der Waals surface area contributed by atoms with Gasteiger partial charge in [-0.3, -0.25) is 9.59 Å². The van der Waals surface area contributed by atoms with Gasteiger partial charge in [0.15, 0.2) is 0 Å². The van der Waals surface area contributed by atoms with Crippen LogP contribution >= 0.6 is 11.3 Å². The Labute approximate surface area is 122 Å². The van der Waals surface area contributed by atoms with Crippen LogP contribution in [-0.4, -0.2) is 24.0 Å². The van der Waals surface area contributed by atoms with Crippen molar-refractivity contribution in [2.75, 3.05) is 7.11 Å². The molecule has 2 atom stereocenters. The first-order valence-corrected chi connectivity index (χ1v) is 7.42. The van der Waals surface area contributed by atoms with E-state index in [0.717, 1.165) is 15.6 Å². The summed E-state index contributed by atoms with van der Waals surface area (Å²) in [7, 11) is 1.35. The molecule has 20 heavy (non-hydrogen) atoms. The summed E-state index contributed by atoms with van der Waals surface area (Å²) in [4.78, 5) is 29.2. The number of amides is 1. The minimum Gasteiger partial charge on any atom is -0.469 e. The second-order valence-corrected chi connectivity index (χ2v) is 6.95. The van der Waals surface area contributed by atoms with Crippen LogP contribution in [0.25, 0.3) is 0 Å². The molecule has 2 rings (SSSR count). The first-order valence-electron chi connectivity index (χ1n) is 6.60. The van der Waals surface area contributed by atoms with Gasteiger partial charge in [0.1, 0.15) is 5.01 Å². The molecule has 0 aromatic carbocycles. The Kier molecular flexibility index (Phi) is 3.86. The number of methoxy groups -OCH3 is 1.